The van der Waals surface area contributed by atoms with Crippen LogP contribution in [0, 0.1) is 0 Å². The van der Waals surface area contributed by atoms with Crippen molar-refractivity contribution in [3.05, 3.63) is 94.7 Å². The molecule has 0 radical (unpaired) electrons. The van der Waals surface area contributed by atoms with Crippen LogP contribution in [0.5, 0.6) is 5.75 Å². The van der Waals surface area contributed by atoms with Gasteiger partial charge in [0, 0.05) is 16.9 Å². The van der Waals surface area contributed by atoms with Crippen molar-refractivity contribution < 1.29 is 9.53 Å². The molecular formula is C20H17BrN2O2. The molecule has 1 N–H and O–H groups in total. The van der Waals surface area contributed by atoms with Gasteiger partial charge in [-0.15, -0.1) is 0 Å². The van der Waals surface area contributed by atoms with Crippen LogP contribution < -0.4 is 10.1 Å². The number of halogens is 1. The highest BCUT2D eigenvalue weighted by Crippen LogP contribution is 2.21. The highest BCUT2D eigenvalue weighted by atomic mass is 79.9. The van der Waals surface area contributed by atoms with Gasteiger partial charge in [-0.2, -0.15) is 0 Å². The maximum Gasteiger partial charge on any atom is 0.258 e. The van der Waals surface area contributed by atoms with E-state index in [0.717, 1.165) is 15.6 Å². The Morgan fingerprint density at radius 2 is 1.72 bits per heavy atom. The van der Waals surface area contributed by atoms with Crippen molar-refractivity contribution in [1.82, 2.24) is 10.3 Å². The molecule has 0 saturated carbocycles. The van der Waals surface area contributed by atoms with Gasteiger partial charge >= 0.3 is 0 Å². The monoisotopic (exact) mass is 396 g/mol. The first-order valence-corrected chi connectivity index (χ1v) is 8.64. The number of carbonyl (C=O) groups excluding carboxylic acids is 1. The molecule has 0 fully saturated rings. The van der Waals surface area contributed by atoms with E-state index in [1.807, 2.05) is 66.7 Å². The van der Waals surface area contributed by atoms with E-state index in [1.54, 1.807) is 12.4 Å². The van der Waals surface area contributed by atoms with Crippen molar-refractivity contribution in [2.75, 3.05) is 6.61 Å². The number of rotatable bonds is 6. The molecule has 1 heterocycles. The second-order valence-electron chi connectivity index (χ2n) is 5.44. The van der Waals surface area contributed by atoms with E-state index in [-0.39, 0.29) is 18.6 Å². The van der Waals surface area contributed by atoms with Gasteiger partial charge in [0.15, 0.2) is 6.61 Å². The van der Waals surface area contributed by atoms with Crippen LogP contribution in [0.25, 0.3) is 0 Å². The molecule has 0 saturated heterocycles. The molecule has 1 amide bonds. The smallest absolute Gasteiger partial charge is 0.258 e. The van der Waals surface area contributed by atoms with Crippen LogP contribution in [-0.2, 0) is 4.79 Å². The van der Waals surface area contributed by atoms with Crippen LogP contribution in [0.15, 0.2) is 83.6 Å². The van der Waals surface area contributed by atoms with E-state index in [9.17, 15) is 4.79 Å². The van der Waals surface area contributed by atoms with E-state index in [1.165, 1.54) is 0 Å². The SMILES string of the molecule is O=C(COc1ccc(Br)cc1)NC(c1ccccc1)c1cccnc1. The largest absolute Gasteiger partial charge is 0.484 e. The Morgan fingerprint density at radius 3 is 2.40 bits per heavy atom. The number of amides is 1. The topological polar surface area (TPSA) is 51.2 Å². The first-order valence-electron chi connectivity index (χ1n) is 7.85. The first-order chi connectivity index (χ1) is 12.2. The maximum absolute atomic E-state index is 12.4. The summed E-state index contributed by atoms with van der Waals surface area (Å²) in [5, 5.41) is 3.02. The molecule has 1 unspecified atom stereocenters. The van der Waals surface area contributed by atoms with Crippen molar-refractivity contribution >= 4 is 21.8 Å². The number of nitrogens with zero attached hydrogens (tertiary/aromatic N) is 1. The zero-order valence-corrected chi connectivity index (χ0v) is 15.0. The molecule has 25 heavy (non-hydrogen) atoms. The van der Waals surface area contributed by atoms with Crippen molar-refractivity contribution in [3.63, 3.8) is 0 Å². The zero-order chi connectivity index (χ0) is 17.5. The second kappa shape index (κ2) is 8.44. The van der Waals surface area contributed by atoms with E-state index < -0.39 is 0 Å². The van der Waals surface area contributed by atoms with Crippen LogP contribution in [0.2, 0.25) is 0 Å². The Hall–Kier alpha value is -2.66. The Kier molecular flexibility index (Phi) is 5.80. The number of hydrogen-bond donors (Lipinski definition) is 1. The molecule has 4 nitrogen and oxygen atoms in total. The fourth-order valence-corrected chi connectivity index (χ4v) is 2.70. The molecular weight excluding hydrogens is 380 g/mol. The third-order valence-corrected chi connectivity index (χ3v) is 4.17. The quantitative estimate of drug-likeness (QED) is 0.681. The summed E-state index contributed by atoms with van der Waals surface area (Å²) >= 11 is 3.37. The van der Waals surface area contributed by atoms with Crippen LogP contribution in [-0.4, -0.2) is 17.5 Å². The van der Waals surface area contributed by atoms with Gasteiger partial charge in [-0.25, -0.2) is 0 Å². The zero-order valence-electron chi connectivity index (χ0n) is 13.4. The number of carbonyl (C=O) groups is 1. The van der Waals surface area contributed by atoms with Crippen LogP contribution in [0.3, 0.4) is 0 Å². The summed E-state index contributed by atoms with van der Waals surface area (Å²) in [7, 11) is 0. The van der Waals surface area contributed by atoms with Gasteiger partial charge in [-0.3, -0.25) is 9.78 Å². The Bertz CT molecular complexity index is 769. The summed E-state index contributed by atoms with van der Waals surface area (Å²) in [5.41, 5.74) is 1.91. The second-order valence-corrected chi connectivity index (χ2v) is 6.36. The molecule has 3 aromatic rings. The molecule has 0 aliphatic heterocycles. The minimum Gasteiger partial charge on any atom is -0.484 e. The van der Waals surface area contributed by atoms with E-state index in [4.69, 9.17) is 4.74 Å². The molecule has 5 heteroatoms. The molecule has 1 atom stereocenters. The van der Waals surface area contributed by atoms with Crippen LogP contribution in [0.4, 0.5) is 0 Å². The summed E-state index contributed by atoms with van der Waals surface area (Å²) in [6.45, 7) is -0.0504. The lowest BCUT2D eigenvalue weighted by Gasteiger charge is -2.19. The van der Waals surface area contributed by atoms with Crippen LogP contribution in [0.1, 0.15) is 17.2 Å². The minimum absolute atomic E-state index is 0.0504. The van der Waals surface area contributed by atoms with E-state index in [0.29, 0.717) is 5.75 Å². The third-order valence-electron chi connectivity index (χ3n) is 3.64. The summed E-state index contributed by atoms with van der Waals surface area (Å²) in [6, 6.07) is 20.7. The van der Waals surface area contributed by atoms with E-state index >= 15 is 0 Å². The fraction of sp³-hybridized carbons (Fsp3) is 0.100. The van der Waals surface area contributed by atoms with Gasteiger partial charge in [0.1, 0.15) is 5.75 Å². The molecule has 0 aliphatic rings. The standard InChI is InChI=1S/C20H17BrN2O2/c21-17-8-10-18(11-9-17)25-14-19(24)23-20(15-5-2-1-3-6-15)16-7-4-12-22-13-16/h1-13,20H,14H2,(H,23,24). The predicted octanol–water partition coefficient (Wildman–Crippen LogP) is 4.13. The summed E-state index contributed by atoms with van der Waals surface area (Å²) in [6.07, 6.45) is 3.47. The van der Waals surface area contributed by atoms with Gasteiger partial charge in [0.05, 0.1) is 6.04 Å². The third kappa shape index (κ3) is 4.90. The number of ether oxygens (including phenoxy) is 1. The summed E-state index contributed by atoms with van der Waals surface area (Å²) in [4.78, 5) is 16.5. The highest BCUT2D eigenvalue weighted by molar-refractivity contribution is 9.10. The molecule has 0 bridgehead atoms. The predicted molar refractivity (Wildman–Crippen MR) is 100 cm³/mol. The Labute approximate surface area is 155 Å². The molecule has 0 spiro atoms. The number of hydrogen-bond acceptors (Lipinski definition) is 3. The lowest BCUT2D eigenvalue weighted by Crippen LogP contribution is -2.33. The van der Waals surface area contributed by atoms with Gasteiger partial charge in [0.2, 0.25) is 0 Å². The molecule has 126 valence electrons. The van der Waals surface area contributed by atoms with Gasteiger partial charge < -0.3 is 10.1 Å². The molecule has 2 aromatic carbocycles. The normalized spacial score (nSPS) is 11.6. The van der Waals surface area contributed by atoms with Crippen LogP contribution >= 0.6 is 15.9 Å². The van der Waals surface area contributed by atoms with Gasteiger partial charge in [0.25, 0.3) is 5.91 Å². The average molecular weight is 397 g/mol. The lowest BCUT2D eigenvalue weighted by molar-refractivity contribution is -0.123. The molecule has 1 aromatic heterocycles. The fourth-order valence-electron chi connectivity index (χ4n) is 2.43. The average Bonchev–Trinajstić information content (AvgIpc) is 2.67. The Morgan fingerprint density at radius 1 is 1.00 bits per heavy atom. The summed E-state index contributed by atoms with van der Waals surface area (Å²) in [5.74, 6) is 0.455. The Balaban J connectivity index is 1.69. The molecule has 0 aliphatic carbocycles. The summed E-state index contributed by atoms with van der Waals surface area (Å²) < 4.78 is 6.51. The lowest BCUT2D eigenvalue weighted by atomic mass is 10.0. The van der Waals surface area contributed by atoms with Crippen molar-refractivity contribution in [2.45, 2.75) is 6.04 Å². The van der Waals surface area contributed by atoms with Gasteiger partial charge in [-0.1, -0.05) is 52.3 Å². The number of aromatic nitrogens is 1. The number of benzene rings is 2. The number of nitrogens with one attached hydrogen (secondary N) is 1. The van der Waals surface area contributed by atoms with Crippen molar-refractivity contribution in [1.29, 1.82) is 0 Å². The van der Waals surface area contributed by atoms with E-state index in [2.05, 4.69) is 26.2 Å². The first kappa shape index (κ1) is 17.2. The number of pyridine rings is 1. The van der Waals surface area contributed by atoms with Crippen molar-refractivity contribution in [3.8, 4) is 5.75 Å². The minimum atomic E-state index is -0.268. The maximum atomic E-state index is 12.4. The van der Waals surface area contributed by atoms with Gasteiger partial charge in [-0.05, 0) is 41.5 Å². The molecule has 3 rings (SSSR count). The highest BCUT2D eigenvalue weighted by Gasteiger charge is 2.17. The van der Waals surface area contributed by atoms with Crippen molar-refractivity contribution in [2.24, 2.45) is 0 Å².